The van der Waals surface area contributed by atoms with Gasteiger partial charge in [0.15, 0.2) is 0 Å². The van der Waals surface area contributed by atoms with Crippen molar-refractivity contribution >= 4 is 28.8 Å². The lowest BCUT2D eigenvalue weighted by atomic mass is 10.1. The summed E-state index contributed by atoms with van der Waals surface area (Å²) in [5.74, 6) is 0.426. The molecule has 0 spiro atoms. The molecule has 0 saturated heterocycles. The van der Waals surface area contributed by atoms with E-state index >= 15 is 0 Å². The van der Waals surface area contributed by atoms with Gasteiger partial charge >= 0.3 is 0 Å². The second kappa shape index (κ2) is 5.50. The first-order valence-corrected chi connectivity index (χ1v) is 6.85. The van der Waals surface area contributed by atoms with Crippen molar-refractivity contribution in [2.45, 2.75) is 5.88 Å². The van der Waals surface area contributed by atoms with Crippen molar-refractivity contribution in [3.05, 3.63) is 40.9 Å². The van der Waals surface area contributed by atoms with Crippen molar-refractivity contribution in [1.29, 1.82) is 0 Å². The van der Waals surface area contributed by atoms with Gasteiger partial charge in [0, 0.05) is 30.6 Å². The van der Waals surface area contributed by atoms with Crippen molar-refractivity contribution in [2.75, 3.05) is 14.1 Å². The van der Waals surface area contributed by atoms with E-state index in [1.54, 1.807) is 30.3 Å². The molecule has 1 aromatic heterocycles. The number of aromatic nitrogens is 1. The third kappa shape index (κ3) is 2.71. The molecule has 1 heterocycles. The van der Waals surface area contributed by atoms with Gasteiger partial charge in [-0.05, 0) is 12.1 Å². The SMILES string of the molecule is CN(C)C(=O)c1ccc(-c2nc(CCl)cs2)cc1. The minimum absolute atomic E-state index is 0.00198. The van der Waals surface area contributed by atoms with Gasteiger partial charge in [0.25, 0.3) is 5.91 Å². The highest BCUT2D eigenvalue weighted by Gasteiger charge is 2.09. The normalized spacial score (nSPS) is 10.4. The molecule has 0 aliphatic heterocycles. The molecule has 2 rings (SSSR count). The van der Waals surface area contributed by atoms with Gasteiger partial charge in [-0.2, -0.15) is 0 Å². The largest absolute Gasteiger partial charge is 0.345 e. The maximum atomic E-state index is 11.7. The van der Waals surface area contributed by atoms with E-state index < -0.39 is 0 Å². The molecule has 3 nitrogen and oxygen atoms in total. The van der Waals surface area contributed by atoms with E-state index in [9.17, 15) is 4.79 Å². The van der Waals surface area contributed by atoms with Crippen LogP contribution in [-0.2, 0) is 5.88 Å². The molecule has 1 aromatic carbocycles. The van der Waals surface area contributed by atoms with Crippen LogP contribution in [0, 0.1) is 0 Å². The first kappa shape index (κ1) is 13.1. The standard InChI is InChI=1S/C13H13ClN2OS/c1-16(2)13(17)10-5-3-9(4-6-10)12-15-11(7-14)8-18-12/h3-6,8H,7H2,1-2H3. The van der Waals surface area contributed by atoms with Gasteiger partial charge < -0.3 is 4.90 Å². The maximum absolute atomic E-state index is 11.7. The lowest BCUT2D eigenvalue weighted by molar-refractivity contribution is 0.0827. The Morgan fingerprint density at radius 1 is 1.33 bits per heavy atom. The predicted octanol–water partition coefficient (Wildman–Crippen LogP) is 3.25. The number of carbonyl (C=O) groups is 1. The van der Waals surface area contributed by atoms with E-state index in [1.807, 2.05) is 29.6 Å². The topological polar surface area (TPSA) is 33.2 Å². The Bertz CT molecular complexity index is 548. The van der Waals surface area contributed by atoms with Crippen molar-refractivity contribution in [1.82, 2.24) is 9.88 Å². The third-order valence-corrected chi connectivity index (χ3v) is 3.69. The molecule has 0 aliphatic rings. The fourth-order valence-corrected chi connectivity index (χ4v) is 2.57. The number of carbonyl (C=O) groups excluding carboxylic acids is 1. The van der Waals surface area contributed by atoms with Gasteiger partial charge in [-0.1, -0.05) is 12.1 Å². The molecule has 1 amide bonds. The summed E-state index contributed by atoms with van der Waals surface area (Å²) >= 11 is 7.28. The summed E-state index contributed by atoms with van der Waals surface area (Å²) in [6.45, 7) is 0. The summed E-state index contributed by atoms with van der Waals surface area (Å²) in [6.07, 6.45) is 0. The molecule has 0 aliphatic carbocycles. The number of halogens is 1. The number of rotatable bonds is 3. The van der Waals surface area contributed by atoms with Gasteiger partial charge in [0.1, 0.15) is 5.01 Å². The summed E-state index contributed by atoms with van der Waals surface area (Å²) < 4.78 is 0. The number of thiazole rings is 1. The zero-order chi connectivity index (χ0) is 13.1. The van der Waals surface area contributed by atoms with Crippen molar-refractivity contribution < 1.29 is 4.79 Å². The van der Waals surface area contributed by atoms with E-state index in [0.29, 0.717) is 11.4 Å². The fourth-order valence-electron chi connectivity index (χ4n) is 1.51. The lowest BCUT2D eigenvalue weighted by Crippen LogP contribution is -2.21. The highest BCUT2D eigenvalue weighted by molar-refractivity contribution is 7.13. The molecular formula is C13H13ClN2OS. The van der Waals surface area contributed by atoms with Crippen LogP contribution in [0.5, 0.6) is 0 Å². The van der Waals surface area contributed by atoms with E-state index in [0.717, 1.165) is 16.3 Å². The van der Waals surface area contributed by atoms with E-state index in [1.165, 1.54) is 0 Å². The first-order valence-electron chi connectivity index (χ1n) is 5.44. The van der Waals surface area contributed by atoms with Crippen LogP contribution >= 0.6 is 22.9 Å². The molecule has 0 fully saturated rings. The quantitative estimate of drug-likeness (QED) is 0.809. The number of alkyl halides is 1. The van der Waals surface area contributed by atoms with Gasteiger partial charge in [-0.3, -0.25) is 4.79 Å². The van der Waals surface area contributed by atoms with E-state index in [-0.39, 0.29) is 5.91 Å². The molecule has 0 N–H and O–H groups in total. The smallest absolute Gasteiger partial charge is 0.253 e. The van der Waals surface area contributed by atoms with Crippen LogP contribution in [0.1, 0.15) is 16.1 Å². The van der Waals surface area contributed by atoms with Crippen molar-refractivity contribution in [3.63, 3.8) is 0 Å². The van der Waals surface area contributed by atoms with Gasteiger partial charge in [-0.15, -0.1) is 22.9 Å². The second-order valence-electron chi connectivity index (χ2n) is 4.05. The molecule has 0 radical (unpaired) electrons. The van der Waals surface area contributed by atoms with Crippen LogP contribution in [-0.4, -0.2) is 29.9 Å². The predicted molar refractivity (Wildman–Crippen MR) is 75.1 cm³/mol. The molecule has 18 heavy (non-hydrogen) atoms. The Labute approximate surface area is 115 Å². The number of nitrogens with zero attached hydrogens (tertiary/aromatic N) is 2. The second-order valence-corrected chi connectivity index (χ2v) is 5.18. The van der Waals surface area contributed by atoms with Crippen LogP contribution in [0.15, 0.2) is 29.6 Å². The Balaban J connectivity index is 2.24. The Hall–Kier alpha value is -1.39. The van der Waals surface area contributed by atoms with Gasteiger partial charge in [0.2, 0.25) is 0 Å². The third-order valence-electron chi connectivity index (χ3n) is 2.47. The fraction of sp³-hybridized carbons (Fsp3) is 0.231. The minimum Gasteiger partial charge on any atom is -0.345 e. The van der Waals surface area contributed by atoms with Crippen molar-refractivity contribution in [2.24, 2.45) is 0 Å². The minimum atomic E-state index is 0.00198. The average molecular weight is 281 g/mol. The molecule has 0 unspecified atom stereocenters. The molecular weight excluding hydrogens is 268 g/mol. The zero-order valence-electron chi connectivity index (χ0n) is 10.2. The molecule has 94 valence electrons. The summed E-state index contributed by atoms with van der Waals surface area (Å²) in [7, 11) is 3.48. The summed E-state index contributed by atoms with van der Waals surface area (Å²) in [5.41, 5.74) is 2.56. The highest BCUT2D eigenvalue weighted by Crippen LogP contribution is 2.24. The summed E-state index contributed by atoms with van der Waals surface area (Å²) in [5, 5.41) is 2.87. The van der Waals surface area contributed by atoms with Crippen LogP contribution in [0.25, 0.3) is 10.6 Å². The Morgan fingerprint density at radius 3 is 2.50 bits per heavy atom. The van der Waals surface area contributed by atoms with Crippen LogP contribution in [0.3, 0.4) is 0 Å². The highest BCUT2D eigenvalue weighted by atomic mass is 35.5. The van der Waals surface area contributed by atoms with Crippen molar-refractivity contribution in [3.8, 4) is 10.6 Å². The number of hydrogen-bond acceptors (Lipinski definition) is 3. The first-order chi connectivity index (χ1) is 8.61. The Morgan fingerprint density at radius 2 is 2.00 bits per heavy atom. The molecule has 2 aromatic rings. The van der Waals surface area contributed by atoms with Crippen LogP contribution < -0.4 is 0 Å². The summed E-state index contributed by atoms with van der Waals surface area (Å²) in [6, 6.07) is 7.46. The lowest BCUT2D eigenvalue weighted by Gasteiger charge is -2.10. The molecule has 0 bridgehead atoms. The monoisotopic (exact) mass is 280 g/mol. The number of benzene rings is 1. The number of hydrogen-bond donors (Lipinski definition) is 0. The Kier molecular flexibility index (Phi) is 3.99. The van der Waals surface area contributed by atoms with E-state index in [4.69, 9.17) is 11.6 Å². The molecule has 0 atom stereocenters. The summed E-state index contributed by atoms with van der Waals surface area (Å²) in [4.78, 5) is 17.7. The molecule has 0 saturated carbocycles. The van der Waals surface area contributed by atoms with Gasteiger partial charge in [0.05, 0.1) is 11.6 Å². The average Bonchev–Trinajstić information content (AvgIpc) is 2.86. The zero-order valence-corrected chi connectivity index (χ0v) is 11.8. The molecule has 5 heteroatoms. The van der Waals surface area contributed by atoms with E-state index in [2.05, 4.69) is 4.98 Å². The maximum Gasteiger partial charge on any atom is 0.253 e. The van der Waals surface area contributed by atoms with Gasteiger partial charge in [-0.25, -0.2) is 4.98 Å². The number of amides is 1. The van der Waals surface area contributed by atoms with Crippen LogP contribution in [0.2, 0.25) is 0 Å². The van der Waals surface area contributed by atoms with Crippen LogP contribution in [0.4, 0.5) is 0 Å².